The van der Waals surface area contributed by atoms with Crippen molar-refractivity contribution in [2.75, 3.05) is 13.2 Å². The van der Waals surface area contributed by atoms with Gasteiger partial charge < -0.3 is 0 Å². The normalized spacial score (nSPS) is 22.1. The van der Waals surface area contributed by atoms with Crippen molar-refractivity contribution in [3.63, 3.8) is 0 Å². The van der Waals surface area contributed by atoms with Gasteiger partial charge in [0.1, 0.15) is 0 Å². The zero-order valence-electron chi connectivity index (χ0n) is 10.7. The maximum atomic E-state index is 11.8. The first-order valence-corrected chi connectivity index (χ1v) is 8.30. The molecule has 0 aromatic heterocycles. The molecule has 0 radical (unpaired) electrons. The van der Waals surface area contributed by atoms with E-state index in [4.69, 9.17) is 9.47 Å². The molecule has 4 nitrogen and oxygen atoms in total. The van der Waals surface area contributed by atoms with Crippen molar-refractivity contribution in [3.05, 3.63) is 30.3 Å². The molecule has 0 bridgehead atoms. The first-order valence-electron chi connectivity index (χ1n) is 6.23. The predicted octanol–water partition coefficient (Wildman–Crippen LogP) is 0.787. The molecule has 1 aliphatic heterocycles. The Labute approximate surface area is 118 Å². The Balaban J connectivity index is 1.95. The molecule has 1 aromatic rings. The number of carbonyl (C=O) groups excluding carboxylic acids is 2. The molecule has 102 valence electrons. The van der Waals surface area contributed by atoms with Gasteiger partial charge in [-0.05, 0) is 0 Å². The summed E-state index contributed by atoms with van der Waals surface area (Å²) < 4.78 is 11.2. The number of benzene rings is 1. The molecule has 2 rings (SSSR count). The summed E-state index contributed by atoms with van der Waals surface area (Å²) in [5.74, 6) is -1.66. The van der Waals surface area contributed by atoms with E-state index in [1.54, 1.807) is 6.92 Å². The van der Waals surface area contributed by atoms with E-state index in [1.165, 1.54) is 4.46 Å². The molecule has 2 atom stereocenters. The molecule has 0 unspecified atom stereocenters. The van der Waals surface area contributed by atoms with Gasteiger partial charge in [0.25, 0.3) is 0 Å². The summed E-state index contributed by atoms with van der Waals surface area (Å²) in [7, 11) is 0. The molecule has 5 heteroatoms. The van der Waals surface area contributed by atoms with Crippen LogP contribution >= 0.6 is 0 Å². The average molecular weight is 327 g/mol. The van der Waals surface area contributed by atoms with Crippen molar-refractivity contribution in [2.24, 2.45) is 11.8 Å². The van der Waals surface area contributed by atoms with E-state index in [9.17, 15) is 9.59 Å². The zero-order valence-corrected chi connectivity index (χ0v) is 12.4. The molecule has 1 heterocycles. The Hall–Kier alpha value is -1.32. The first kappa shape index (κ1) is 14.1. The summed E-state index contributed by atoms with van der Waals surface area (Å²) in [5, 5.41) is 0.812. The van der Waals surface area contributed by atoms with Crippen LogP contribution in [0.2, 0.25) is 5.32 Å². The number of ether oxygens (including phenoxy) is 2. The number of hydrogen-bond donors (Lipinski definition) is 0. The molecule has 1 fully saturated rings. The third-order valence-electron chi connectivity index (χ3n) is 2.91. The minimum absolute atomic E-state index is 0.0493. The second-order valence-electron chi connectivity index (χ2n) is 4.24. The number of rotatable bonds is 5. The van der Waals surface area contributed by atoms with Gasteiger partial charge >= 0.3 is 118 Å². The zero-order chi connectivity index (χ0) is 13.7. The van der Waals surface area contributed by atoms with Crippen LogP contribution < -0.4 is 4.46 Å². The van der Waals surface area contributed by atoms with Crippen LogP contribution in [-0.2, 0) is 19.1 Å². The quantitative estimate of drug-likeness (QED) is 0.456. The number of cyclic esters (lactones) is 1. The summed E-state index contributed by atoms with van der Waals surface area (Å²) in [5.41, 5.74) is 0. The SMILES string of the molecule is CCOC(=O)[C@@H]1C(=O)OC[C@H]1C[Se]c1ccccc1. The van der Waals surface area contributed by atoms with Crippen molar-refractivity contribution in [2.45, 2.75) is 12.2 Å². The van der Waals surface area contributed by atoms with Crippen LogP contribution in [0.3, 0.4) is 0 Å². The van der Waals surface area contributed by atoms with Gasteiger partial charge in [-0.2, -0.15) is 0 Å². The summed E-state index contributed by atoms with van der Waals surface area (Å²) in [6.07, 6.45) is 0. The fourth-order valence-electron chi connectivity index (χ4n) is 1.95. The van der Waals surface area contributed by atoms with Crippen LogP contribution in [0, 0.1) is 11.8 Å². The summed E-state index contributed by atoms with van der Waals surface area (Å²) in [6, 6.07) is 10.1. The van der Waals surface area contributed by atoms with Crippen molar-refractivity contribution in [3.8, 4) is 0 Å². The summed E-state index contributed by atoms with van der Waals surface area (Å²) >= 11 is 0.241. The molecule has 1 aliphatic rings. The van der Waals surface area contributed by atoms with Crippen LogP contribution in [0.5, 0.6) is 0 Å². The Bertz CT molecular complexity index is 446. The molecule has 0 amide bonds. The fourth-order valence-corrected chi connectivity index (χ4v) is 4.14. The molecule has 1 aromatic carbocycles. The molecule has 0 N–H and O–H groups in total. The van der Waals surface area contributed by atoms with Crippen molar-refractivity contribution < 1.29 is 19.1 Å². The van der Waals surface area contributed by atoms with E-state index >= 15 is 0 Å². The van der Waals surface area contributed by atoms with Gasteiger partial charge in [0.05, 0.1) is 0 Å². The van der Waals surface area contributed by atoms with Crippen LogP contribution in [0.15, 0.2) is 30.3 Å². The Morgan fingerprint density at radius 2 is 2.16 bits per heavy atom. The molecule has 19 heavy (non-hydrogen) atoms. The average Bonchev–Trinajstić information content (AvgIpc) is 2.79. The van der Waals surface area contributed by atoms with Gasteiger partial charge in [-0.25, -0.2) is 0 Å². The van der Waals surface area contributed by atoms with Crippen molar-refractivity contribution in [1.29, 1.82) is 0 Å². The minimum atomic E-state index is -0.731. The van der Waals surface area contributed by atoms with Gasteiger partial charge in [0.2, 0.25) is 0 Å². The second-order valence-corrected chi connectivity index (χ2v) is 6.54. The van der Waals surface area contributed by atoms with Gasteiger partial charge in [-0.1, -0.05) is 0 Å². The topological polar surface area (TPSA) is 52.6 Å². The second kappa shape index (κ2) is 6.73. The Kier molecular flexibility index (Phi) is 4.99. The Morgan fingerprint density at radius 1 is 1.42 bits per heavy atom. The first-order chi connectivity index (χ1) is 9.22. The predicted molar refractivity (Wildman–Crippen MR) is 71.2 cm³/mol. The molecule has 1 saturated heterocycles. The van der Waals surface area contributed by atoms with E-state index in [0.717, 1.165) is 5.32 Å². The van der Waals surface area contributed by atoms with E-state index < -0.39 is 17.9 Å². The Morgan fingerprint density at radius 3 is 2.84 bits per heavy atom. The number of carbonyl (C=O) groups is 2. The van der Waals surface area contributed by atoms with Crippen LogP contribution in [0.4, 0.5) is 0 Å². The van der Waals surface area contributed by atoms with Gasteiger partial charge in [0, 0.05) is 0 Å². The third-order valence-corrected chi connectivity index (χ3v) is 5.43. The van der Waals surface area contributed by atoms with Crippen LogP contribution in [0.1, 0.15) is 6.92 Å². The summed E-state index contributed by atoms with van der Waals surface area (Å²) in [4.78, 5) is 23.4. The van der Waals surface area contributed by atoms with E-state index in [-0.39, 0.29) is 20.9 Å². The van der Waals surface area contributed by atoms with Crippen LogP contribution in [-0.4, -0.2) is 40.1 Å². The van der Waals surface area contributed by atoms with E-state index in [2.05, 4.69) is 12.1 Å². The van der Waals surface area contributed by atoms with Gasteiger partial charge in [-0.15, -0.1) is 0 Å². The van der Waals surface area contributed by atoms with E-state index in [0.29, 0.717) is 13.2 Å². The molecule has 0 spiro atoms. The fraction of sp³-hybridized carbons (Fsp3) is 0.429. The van der Waals surface area contributed by atoms with Gasteiger partial charge in [0.15, 0.2) is 0 Å². The molecule has 0 aliphatic carbocycles. The molecule has 0 saturated carbocycles. The summed E-state index contributed by atoms with van der Waals surface area (Å²) in [6.45, 7) is 2.36. The van der Waals surface area contributed by atoms with Gasteiger partial charge in [-0.3, -0.25) is 0 Å². The van der Waals surface area contributed by atoms with Crippen molar-refractivity contribution in [1.82, 2.24) is 0 Å². The van der Waals surface area contributed by atoms with Crippen LogP contribution in [0.25, 0.3) is 0 Å². The number of esters is 2. The molecular weight excluding hydrogens is 311 g/mol. The number of hydrogen-bond acceptors (Lipinski definition) is 4. The monoisotopic (exact) mass is 328 g/mol. The van der Waals surface area contributed by atoms with E-state index in [1.807, 2.05) is 18.2 Å². The third kappa shape index (κ3) is 3.58. The van der Waals surface area contributed by atoms with Crippen molar-refractivity contribution >= 4 is 31.4 Å². The molecular formula is C14H16O4Se. The maximum absolute atomic E-state index is 11.8. The standard InChI is InChI=1S/C14H16O4Se/c1-2-17-13(15)12-10(8-18-14(12)16)9-19-11-6-4-3-5-7-11/h3-7,10,12H,2,8-9H2,1H3/t10-,12+/m0/s1.